The number of nitrogens with two attached hydrogens (primary N) is 1. The largest absolute Gasteiger partial charge is 0.327 e. The van der Waals surface area contributed by atoms with E-state index in [9.17, 15) is 4.79 Å². The molecule has 0 radical (unpaired) electrons. The van der Waals surface area contributed by atoms with Crippen LogP contribution < -0.4 is 5.73 Å². The molecule has 14 heavy (non-hydrogen) atoms. The van der Waals surface area contributed by atoms with E-state index >= 15 is 0 Å². The maximum atomic E-state index is 11.7. The third kappa shape index (κ3) is 3.48. The number of ketones is 1. The lowest BCUT2D eigenvalue weighted by Crippen LogP contribution is -2.35. The Kier molecular flexibility index (Phi) is 5.34. The molecule has 1 fully saturated rings. The Morgan fingerprint density at radius 2 is 2.21 bits per heavy atom. The lowest BCUT2D eigenvalue weighted by atomic mass is 9.82. The minimum absolute atomic E-state index is 0.00691. The van der Waals surface area contributed by atoms with Crippen LogP contribution in [0.15, 0.2) is 0 Å². The molecule has 1 aliphatic rings. The maximum Gasteiger partial charge on any atom is 0.146 e. The van der Waals surface area contributed by atoms with Crippen molar-refractivity contribution in [2.45, 2.75) is 50.3 Å². The van der Waals surface area contributed by atoms with Gasteiger partial charge in [-0.3, -0.25) is 4.79 Å². The van der Waals surface area contributed by atoms with Gasteiger partial charge < -0.3 is 5.73 Å². The molecule has 2 nitrogen and oxygen atoms in total. The van der Waals surface area contributed by atoms with Crippen LogP contribution in [0.5, 0.6) is 0 Å². The Balaban J connectivity index is 2.38. The predicted molar refractivity (Wildman–Crippen MR) is 65.6 cm³/mol. The van der Waals surface area contributed by atoms with E-state index in [4.69, 9.17) is 5.73 Å². The number of hydrogen-bond acceptors (Lipinski definition) is 4. The number of hydrogen-bond donors (Lipinski definition) is 2. The first-order chi connectivity index (χ1) is 6.65. The van der Waals surface area contributed by atoms with E-state index in [0.29, 0.717) is 18.1 Å². The molecule has 2 N–H and O–H groups in total. The van der Waals surface area contributed by atoms with Gasteiger partial charge in [-0.2, -0.15) is 0 Å². The van der Waals surface area contributed by atoms with Crippen molar-refractivity contribution in [3.05, 3.63) is 0 Å². The second-order valence-corrected chi connectivity index (χ2v) is 5.68. The monoisotopic (exact) mass is 233 g/mol. The summed E-state index contributed by atoms with van der Waals surface area (Å²) in [6.45, 7) is 1.91. The zero-order chi connectivity index (χ0) is 10.6. The zero-order valence-corrected chi connectivity index (χ0v) is 10.3. The van der Waals surface area contributed by atoms with Crippen LogP contribution in [0.1, 0.15) is 39.0 Å². The minimum atomic E-state index is 0.00691. The summed E-state index contributed by atoms with van der Waals surface area (Å²) in [5.41, 5.74) is 5.99. The van der Waals surface area contributed by atoms with Crippen molar-refractivity contribution in [3.8, 4) is 0 Å². The number of rotatable bonds is 4. The molecule has 4 heteroatoms. The average Bonchev–Trinajstić information content (AvgIpc) is 2.20. The number of carbonyl (C=O) groups is 1. The van der Waals surface area contributed by atoms with E-state index < -0.39 is 0 Å². The van der Waals surface area contributed by atoms with Gasteiger partial charge in [0.1, 0.15) is 5.78 Å². The summed E-state index contributed by atoms with van der Waals surface area (Å²) in [6.07, 6.45) is 5.31. The second-order valence-electron chi connectivity index (χ2n) is 4.13. The molecule has 0 spiro atoms. The van der Waals surface area contributed by atoms with Crippen molar-refractivity contribution in [3.63, 3.8) is 0 Å². The molecule has 0 aliphatic heterocycles. The molecule has 1 rings (SSSR count). The third-order valence-corrected chi connectivity index (χ3v) is 4.57. The molecule has 0 aromatic heterocycles. The fourth-order valence-corrected chi connectivity index (χ4v) is 2.54. The van der Waals surface area contributed by atoms with E-state index in [0.717, 1.165) is 12.8 Å². The van der Waals surface area contributed by atoms with Crippen LogP contribution in [-0.2, 0) is 4.79 Å². The van der Waals surface area contributed by atoms with Crippen LogP contribution in [0.25, 0.3) is 0 Å². The van der Waals surface area contributed by atoms with Crippen LogP contribution in [0.2, 0.25) is 0 Å². The van der Waals surface area contributed by atoms with Crippen LogP contribution in [0, 0.1) is 5.92 Å². The first kappa shape index (κ1) is 12.4. The van der Waals surface area contributed by atoms with Crippen LogP contribution in [-0.4, -0.2) is 17.1 Å². The summed E-state index contributed by atoms with van der Waals surface area (Å²) in [5.74, 6) is 0.714. The average molecular weight is 233 g/mol. The van der Waals surface area contributed by atoms with Gasteiger partial charge >= 0.3 is 0 Å². The second kappa shape index (κ2) is 6.03. The molecular weight excluding hydrogens is 214 g/mol. The fraction of sp³-hybridized carbons (Fsp3) is 0.900. The van der Waals surface area contributed by atoms with Crippen LogP contribution >= 0.6 is 22.5 Å². The summed E-state index contributed by atoms with van der Waals surface area (Å²) in [5, 5.41) is 0.00691. The predicted octanol–water partition coefficient (Wildman–Crippen LogP) is 2.43. The summed E-state index contributed by atoms with van der Waals surface area (Å²) in [7, 11) is 1.33. The molecule has 0 heterocycles. The smallest absolute Gasteiger partial charge is 0.146 e. The summed E-state index contributed by atoms with van der Waals surface area (Å²) in [6, 6.07) is 0.241. The minimum Gasteiger partial charge on any atom is -0.327 e. The van der Waals surface area contributed by atoms with Gasteiger partial charge in [0.05, 0.1) is 5.25 Å². The quantitative estimate of drug-likeness (QED) is 0.579. The highest BCUT2D eigenvalue weighted by Gasteiger charge is 2.25. The highest BCUT2D eigenvalue weighted by Crippen LogP contribution is 2.28. The highest BCUT2D eigenvalue weighted by molar-refractivity contribution is 8.69. The number of Topliss-reactive ketones (excluding diaryl/α,β-unsaturated/α-hetero) is 1. The topological polar surface area (TPSA) is 43.1 Å². The van der Waals surface area contributed by atoms with Crippen molar-refractivity contribution in [1.29, 1.82) is 0 Å². The molecule has 0 saturated heterocycles. The Bertz CT molecular complexity index is 199. The van der Waals surface area contributed by atoms with Crippen LogP contribution in [0.3, 0.4) is 0 Å². The van der Waals surface area contributed by atoms with Gasteiger partial charge in [0.2, 0.25) is 0 Å². The van der Waals surface area contributed by atoms with Gasteiger partial charge in [0.15, 0.2) is 0 Å². The first-order valence-corrected chi connectivity index (χ1v) is 7.17. The standard InChI is InChI=1S/C10H19NOS2/c1-7(14-13)10(12)6-8-4-2-3-5-9(8)11/h7-9,13H,2-6,11H2,1H3. The van der Waals surface area contributed by atoms with Crippen molar-refractivity contribution in [1.82, 2.24) is 0 Å². The van der Waals surface area contributed by atoms with Gasteiger partial charge in [-0.15, -0.1) is 11.7 Å². The SMILES string of the molecule is CC(SS)C(=O)CC1CCCCC1N. The Hall–Kier alpha value is 0.330. The van der Waals surface area contributed by atoms with Gasteiger partial charge in [-0.1, -0.05) is 23.6 Å². The Morgan fingerprint density at radius 1 is 1.57 bits per heavy atom. The normalized spacial score (nSPS) is 29.9. The zero-order valence-electron chi connectivity index (χ0n) is 8.61. The molecule has 0 amide bonds. The van der Waals surface area contributed by atoms with E-state index in [1.54, 1.807) is 0 Å². The van der Waals surface area contributed by atoms with E-state index in [1.807, 2.05) is 6.92 Å². The molecular formula is C10H19NOS2. The fourth-order valence-electron chi connectivity index (χ4n) is 1.97. The summed E-state index contributed by atoms with van der Waals surface area (Å²) >= 11 is 4.06. The molecule has 3 atom stereocenters. The highest BCUT2D eigenvalue weighted by atomic mass is 33.1. The first-order valence-electron chi connectivity index (χ1n) is 5.23. The molecule has 1 aliphatic carbocycles. The van der Waals surface area contributed by atoms with Gasteiger partial charge in [-0.05, 0) is 25.7 Å². The number of carbonyl (C=O) groups excluding carboxylic acids is 1. The molecule has 0 aromatic carbocycles. The lowest BCUT2D eigenvalue weighted by Gasteiger charge is -2.28. The van der Waals surface area contributed by atoms with Crippen molar-refractivity contribution in [2.75, 3.05) is 0 Å². The summed E-state index contributed by atoms with van der Waals surface area (Å²) < 4.78 is 0. The lowest BCUT2D eigenvalue weighted by molar-refractivity contribution is -0.119. The van der Waals surface area contributed by atoms with E-state index in [2.05, 4.69) is 11.7 Å². The van der Waals surface area contributed by atoms with Crippen molar-refractivity contribution in [2.24, 2.45) is 11.7 Å². The molecule has 82 valence electrons. The van der Waals surface area contributed by atoms with Crippen molar-refractivity contribution >= 4 is 28.2 Å². The third-order valence-electron chi connectivity index (χ3n) is 3.04. The summed E-state index contributed by atoms with van der Waals surface area (Å²) in [4.78, 5) is 11.7. The Morgan fingerprint density at radius 3 is 2.79 bits per heavy atom. The molecule has 0 bridgehead atoms. The van der Waals surface area contributed by atoms with Gasteiger partial charge in [-0.25, -0.2) is 0 Å². The van der Waals surface area contributed by atoms with E-state index in [1.165, 1.54) is 23.6 Å². The van der Waals surface area contributed by atoms with Crippen LogP contribution in [0.4, 0.5) is 0 Å². The maximum absolute atomic E-state index is 11.7. The van der Waals surface area contributed by atoms with Gasteiger partial charge in [0, 0.05) is 12.5 Å². The molecule has 0 aromatic rings. The van der Waals surface area contributed by atoms with E-state index in [-0.39, 0.29) is 11.3 Å². The van der Waals surface area contributed by atoms with Gasteiger partial charge in [0.25, 0.3) is 0 Å². The Labute approximate surface area is 95.2 Å². The molecule has 3 unspecified atom stereocenters. The van der Waals surface area contributed by atoms with Crippen molar-refractivity contribution < 1.29 is 4.79 Å². The number of thiol groups is 1. The molecule has 1 saturated carbocycles.